The molecule has 0 N–H and O–H groups in total. The number of nitrogens with zero attached hydrogens (tertiary/aromatic N) is 3. The van der Waals surface area contributed by atoms with Gasteiger partial charge in [-0.3, -0.25) is 9.69 Å². The quantitative estimate of drug-likeness (QED) is 0.849. The molecule has 2 aliphatic rings. The van der Waals surface area contributed by atoms with E-state index in [9.17, 15) is 4.79 Å². The van der Waals surface area contributed by atoms with Gasteiger partial charge in [0.15, 0.2) is 0 Å². The minimum absolute atomic E-state index is 0.187. The Kier molecular flexibility index (Phi) is 5.90. The van der Waals surface area contributed by atoms with E-state index in [0.29, 0.717) is 6.04 Å². The first-order valence-electron chi connectivity index (χ1n) is 9.48. The fraction of sp³-hybridized carbons (Fsp3) is 0.650. The van der Waals surface area contributed by atoms with Gasteiger partial charge in [-0.05, 0) is 50.6 Å². The van der Waals surface area contributed by atoms with Crippen molar-refractivity contribution in [1.82, 2.24) is 14.7 Å². The third-order valence-electron chi connectivity index (χ3n) is 5.66. The molecule has 2 aliphatic heterocycles. The van der Waals surface area contributed by atoms with Crippen LogP contribution in [0.25, 0.3) is 0 Å². The topological polar surface area (TPSA) is 26.8 Å². The third-order valence-corrected chi connectivity index (χ3v) is 5.66. The van der Waals surface area contributed by atoms with E-state index in [-0.39, 0.29) is 5.91 Å². The predicted octanol–water partition coefficient (Wildman–Crippen LogP) is 2.49. The second-order valence-corrected chi connectivity index (χ2v) is 7.27. The summed E-state index contributed by atoms with van der Waals surface area (Å²) in [5, 5.41) is 0. The summed E-state index contributed by atoms with van der Waals surface area (Å²) >= 11 is 0. The number of likely N-dealkylation sites (tertiary alicyclic amines) is 1. The molecule has 0 saturated carbocycles. The Bertz CT molecular complexity index is 534. The second kappa shape index (κ2) is 8.13. The van der Waals surface area contributed by atoms with Crippen molar-refractivity contribution in [3.05, 3.63) is 35.4 Å². The van der Waals surface area contributed by atoms with Crippen LogP contribution in [0.4, 0.5) is 0 Å². The molecule has 2 saturated heterocycles. The van der Waals surface area contributed by atoms with Gasteiger partial charge in [0.25, 0.3) is 5.91 Å². The standard InChI is InChI=1S/C20H31N3O/c1-3-17-7-9-18(10-8-17)20(24)23-14-12-22(13-15-23)16-19-6-4-5-11-21(19)2/h7-10,19H,3-6,11-16H2,1-2H3. The molecule has 2 fully saturated rings. The van der Waals surface area contributed by atoms with Gasteiger partial charge in [0.05, 0.1) is 0 Å². The Labute approximate surface area is 146 Å². The zero-order chi connectivity index (χ0) is 16.9. The third kappa shape index (κ3) is 4.17. The maximum Gasteiger partial charge on any atom is 0.253 e. The summed E-state index contributed by atoms with van der Waals surface area (Å²) in [5.74, 6) is 0.187. The van der Waals surface area contributed by atoms with Crippen molar-refractivity contribution in [2.75, 3.05) is 46.3 Å². The lowest BCUT2D eigenvalue weighted by Gasteiger charge is -2.40. The molecule has 1 aromatic carbocycles. The van der Waals surface area contributed by atoms with Crippen LogP contribution in [-0.4, -0.2) is 73.0 Å². The zero-order valence-electron chi connectivity index (χ0n) is 15.2. The molecule has 1 unspecified atom stereocenters. The molecule has 1 aromatic rings. The van der Waals surface area contributed by atoms with E-state index in [1.54, 1.807) is 0 Å². The molecule has 0 spiro atoms. The average Bonchev–Trinajstić information content (AvgIpc) is 2.64. The zero-order valence-corrected chi connectivity index (χ0v) is 15.2. The van der Waals surface area contributed by atoms with E-state index in [2.05, 4.69) is 35.9 Å². The summed E-state index contributed by atoms with van der Waals surface area (Å²) in [6.45, 7) is 8.24. The van der Waals surface area contributed by atoms with Gasteiger partial charge in [0, 0.05) is 44.3 Å². The highest BCUT2D eigenvalue weighted by molar-refractivity contribution is 5.94. The number of benzene rings is 1. The van der Waals surface area contributed by atoms with E-state index in [0.717, 1.165) is 44.7 Å². The highest BCUT2D eigenvalue weighted by atomic mass is 16.2. The first-order valence-corrected chi connectivity index (χ1v) is 9.48. The van der Waals surface area contributed by atoms with Crippen LogP contribution in [0, 0.1) is 0 Å². The smallest absolute Gasteiger partial charge is 0.253 e. The lowest BCUT2D eigenvalue weighted by molar-refractivity contribution is 0.0565. The number of likely N-dealkylation sites (N-methyl/N-ethyl adjacent to an activating group) is 1. The number of piperazine rings is 1. The van der Waals surface area contributed by atoms with Crippen LogP contribution in [-0.2, 0) is 6.42 Å². The lowest BCUT2D eigenvalue weighted by atomic mass is 10.0. The van der Waals surface area contributed by atoms with Gasteiger partial charge < -0.3 is 9.80 Å². The molecule has 132 valence electrons. The molecule has 1 atom stereocenters. The van der Waals surface area contributed by atoms with Gasteiger partial charge in [0.2, 0.25) is 0 Å². The summed E-state index contributed by atoms with van der Waals surface area (Å²) in [6, 6.07) is 8.79. The molecule has 1 amide bonds. The molecule has 24 heavy (non-hydrogen) atoms. The van der Waals surface area contributed by atoms with Crippen molar-refractivity contribution in [3.63, 3.8) is 0 Å². The van der Waals surface area contributed by atoms with Crippen LogP contribution < -0.4 is 0 Å². The highest BCUT2D eigenvalue weighted by Gasteiger charge is 2.26. The number of hydrogen-bond acceptors (Lipinski definition) is 3. The monoisotopic (exact) mass is 329 g/mol. The first kappa shape index (κ1) is 17.4. The number of rotatable bonds is 4. The van der Waals surface area contributed by atoms with E-state index < -0.39 is 0 Å². The molecule has 4 heteroatoms. The number of piperidine rings is 1. The molecular formula is C20H31N3O. The predicted molar refractivity (Wildman–Crippen MR) is 98.4 cm³/mol. The maximum atomic E-state index is 12.6. The Balaban J connectivity index is 1.49. The molecule has 0 radical (unpaired) electrons. The fourth-order valence-corrected chi connectivity index (χ4v) is 3.87. The Morgan fingerprint density at radius 3 is 2.38 bits per heavy atom. The summed E-state index contributed by atoms with van der Waals surface area (Å²) in [5.41, 5.74) is 2.11. The van der Waals surface area contributed by atoms with Gasteiger partial charge in [0.1, 0.15) is 0 Å². The lowest BCUT2D eigenvalue weighted by Crippen LogP contribution is -2.53. The Morgan fingerprint density at radius 1 is 1.04 bits per heavy atom. The Morgan fingerprint density at radius 2 is 1.75 bits per heavy atom. The van der Waals surface area contributed by atoms with Crippen molar-refractivity contribution in [1.29, 1.82) is 0 Å². The van der Waals surface area contributed by atoms with Crippen molar-refractivity contribution in [3.8, 4) is 0 Å². The van der Waals surface area contributed by atoms with Crippen LogP contribution in [0.2, 0.25) is 0 Å². The average molecular weight is 329 g/mol. The van der Waals surface area contributed by atoms with Crippen LogP contribution >= 0.6 is 0 Å². The first-order chi connectivity index (χ1) is 11.7. The summed E-state index contributed by atoms with van der Waals surface area (Å²) < 4.78 is 0. The highest BCUT2D eigenvalue weighted by Crippen LogP contribution is 2.17. The van der Waals surface area contributed by atoms with Crippen molar-refractivity contribution in [2.24, 2.45) is 0 Å². The largest absolute Gasteiger partial charge is 0.336 e. The molecule has 0 bridgehead atoms. The SMILES string of the molecule is CCc1ccc(C(=O)N2CCN(CC3CCCCN3C)CC2)cc1. The number of amides is 1. The minimum atomic E-state index is 0.187. The normalized spacial score (nSPS) is 23.4. The van der Waals surface area contributed by atoms with Gasteiger partial charge in [-0.25, -0.2) is 0 Å². The minimum Gasteiger partial charge on any atom is -0.336 e. The number of hydrogen-bond donors (Lipinski definition) is 0. The summed E-state index contributed by atoms with van der Waals surface area (Å²) in [4.78, 5) is 19.7. The van der Waals surface area contributed by atoms with Crippen molar-refractivity contribution in [2.45, 2.75) is 38.6 Å². The summed E-state index contributed by atoms with van der Waals surface area (Å²) in [7, 11) is 2.25. The summed E-state index contributed by atoms with van der Waals surface area (Å²) in [6.07, 6.45) is 5.04. The number of carbonyl (C=O) groups is 1. The van der Waals surface area contributed by atoms with Crippen LogP contribution in [0.1, 0.15) is 42.1 Å². The van der Waals surface area contributed by atoms with Gasteiger partial charge in [-0.2, -0.15) is 0 Å². The van der Waals surface area contributed by atoms with E-state index in [1.807, 2.05) is 17.0 Å². The molecule has 0 aromatic heterocycles. The fourth-order valence-electron chi connectivity index (χ4n) is 3.87. The van der Waals surface area contributed by atoms with Crippen LogP contribution in [0.5, 0.6) is 0 Å². The number of carbonyl (C=O) groups excluding carboxylic acids is 1. The maximum absolute atomic E-state index is 12.6. The molecular weight excluding hydrogens is 298 g/mol. The van der Waals surface area contributed by atoms with E-state index >= 15 is 0 Å². The van der Waals surface area contributed by atoms with E-state index in [1.165, 1.54) is 31.4 Å². The number of aryl methyl sites for hydroxylation is 1. The molecule has 0 aliphatic carbocycles. The molecule has 4 nitrogen and oxygen atoms in total. The molecule has 3 rings (SSSR count). The van der Waals surface area contributed by atoms with Gasteiger partial charge in [-0.15, -0.1) is 0 Å². The van der Waals surface area contributed by atoms with Crippen LogP contribution in [0.15, 0.2) is 24.3 Å². The van der Waals surface area contributed by atoms with Crippen molar-refractivity contribution >= 4 is 5.91 Å². The second-order valence-electron chi connectivity index (χ2n) is 7.27. The van der Waals surface area contributed by atoms with Crippen LogP contribution in [0.3, 0.4) is 0 Å². The molecule has 2 heterocycles. The van der Waals surface area contributed by atoms with Gasteiger partial charge in [-0.1, -0.05) is 25.5 Å². The van der Waals surface area contributed by atoms with E-state index in [4.69, 9.17) is 0 Å². The Hall–Kier alpha value is -1.39. The van der Waals surface area contributed by atoms with Gasteiger partial charge >= 0.3 is 0 Å². The van der Waals surface area contributed by atoms with Crippen molar-refractivity contribution < 1.29 is 4.79 Å².